The molecule has 5 nitrogen and oxygen atoms in total. The number of carbonyl (C=O) groups excluding carboxylic acids is 2. The van der Waals surface area contributed by atoms with Gasteiger partial charge in [0.2, 0.25) is 0 Å². The maximum absolute atomic E-state index is 15.2. The number of hydrogen-bond donors (Lipinski definition) is 3. The van der Waals surface area contributed by atoms with E-state index in [-0.39, 0.29) is 42.3 Å². The Morgan fingerprint density at radius 1 is 1.32 bits per heavy atom. The first kappa shape index (κ1) is 19.9. The summed E-state index contributed by atoms with van der Waals surface area (Å²) in [4.78, 5) is 24.4. The van der Waals surface area contributed by atoms with E-state index in [9.17, 15) is 24.9 Å². The highest BCUT2D eigenvalue weighted by atomic mass is 19.1. The number of aliphatic hydroxyl groups excluding tert-OH is 2. The summed E-state index contributed by atoms with van der Waals surface area (Å²) in [6.45, 7) is 4.71. The van der Waals surface area contributed by atoms with Crippen molar-refractivity contribution in [2.45, 2.75) is 57.9 Å². The van der Waals surface area contributed by atoms with Crippen LogP contribution < -0.4 is 0 Å². The van der Waals surface area contributed by atoms with E-state index in [1.165, 1.54) is 12.2 Å². The molecule has 4 aliphatic carbocycles. The molecular weight excluding hydrogens is 363 g/mol. The van der Waals surface area contributed by atoms with Crippen LogP contribution in [0.25, 0.3) is 0 Å². The van der Waals surface area contributed by atoms with Crippen molar-refractivity contribution in [2.24, 2.45) is 34.5 Å². The third-order valence-electron chi connectivity index (χ3n) is 8.63. The number of fused-ring (bicyclic) bond motifs is 5. The molecular formula is C22H29FO5. The fourth-order valence-corrected chi connectivity index (χ4v) is 7.38. The second-order valence-electron chi connectivity index (χ2n) is 9.79. The summed E-state index contributed by atoms with van der Waals surface area (Å²) in [6.07, 6.45) is 3.29. The predicted octanol–water partition coefficient (Wildman–Crippen LogP) is 1.75. The van der Waals surface area contributed by atoms with Crippen LogP contribution in [0.1, 0.15) is 40.0 Å². The van der Waals surface area contributed by atoms with Gasteiger partial charge >= 0.3 is 0 Å². The number of allylic oxidation sites excluding steroid dienone is 4. The molecule has 0 aliphatic heterocycles. The van der Waals surface area contributed by atoms with E-state index >= 15 is 4.39 Å². The number of carbonyl (C=O) groups is 2. The smallest absolute Gasteiger partial charge is 0.190 e. The topological polar surface area (TPSA) is 94.8 Å². The Bertz CT molecular complexity index is 790. The summed E-state index contributed by atoms with van der Waals surface area (Å²) in [5.41, 5.74) is -3.00. The van der Waals surface area contributed by atoms with Crippen LogP contribution in [0, 0.1) is 34.5 Å². The molecule has 3 N–H and O–H groups in total. The van der Waals surface area contributed by atoms with Gasteiger partial charge in [0.15, 0.2) is 11.6 Å². The van der Waals surface area contributed by atoms with Crippen LogP contribution >= 0.6 is 0 Å². The summed E-state index contributed by atoms with van der Waals surface area (Å²) in [6, 6.07) is 0. The minimum atomic E-state index is -1.74. The lowest BCUT2D eigenvalue weighted by atomic mass is 9.46. The molecule has 0 spiro atoms. The monoisotopic (exact) mass is 392 g/mol. The molecule has 154 valence electrons. The second-order valence-corrected chi connectivity index (χ2v) is 9.79. The zero-order valence-electron chi connectivity index (χ0n) is 16.6. The number of ketones is 2. The third kappa shape index (κ3) is 2.22. The molecule has 0 saturated heterocycles. The standard InChI is InChI=1S/C22H29FO5/c1-11-6-14-13-8-16(23)15-7-12(25)4-5-20(15,2)19(13)17(26)9-21(14,3)22(11,28)18(27)10-24/h4-5,7,11,13-14,16-17,19,24,26,28H,6,8-10H2,1-3H3/t11-,13-,14-,16+,17-,19+,20-,21-,22-/m0/s1. The predicted molar refractivity (Wildman–Crippen MR) is 99.9 cm³/mol. The first-order valence-corrected chi connectivity index (χ1v) is 10.1. The molecule has 28 heavy (non-hydrogen) atoms. The SMILES string of the molecule is C[C@H]1C[C@H]2[C@@H]3C[C@@H](F)C4=CC(=O)C=C[C@]4(C)[C@H]3[C@@H](O)C[C@]2(C)[C@@]1(O)C(=O)CO. The average Bonchev–Trinajstić information content (AvgIpc) is 2.83. The molecule has 0 heterocycles. The summed E-state index contributed by atoms with van der Waals surface area (Å²) in [7, 11) is 0. The highest BCUT2D eigenvalue weighted by molar-refractivity contribution is 6.01. The lowest BCUT2D eigenvalue weighted by Crippen LogP contribution is -2.63. The first-order chi connectivity index (χ1) is 13.0. The van der Waals surface area contributed by atoms with Gasteiger partial charge in [-0.05, 0) is 54.7 Å². The van der Waals surface area contributed by atoms with Gasteiger partial charge in [-0.2, -0.15) is 0 Å². The van der Waals surface area contributed by atoms with Crippen LogP contribution in [0.4, 0.5) is 4.39 Å². The molecule has 0 bridgehead atoms. The van der Waals surface area contributed by atoms with Crippen molar-refractivity contribution in [3.05, 3.63) is 23.8 Å². The van der Waals surface area contributed by atoms with Gasteiger partial charge in [0.1, 0.15) is 18.4 Å². The fourth-order valence-electron chi connectivity index (χ4n) is 7.38. The Morgan fingerprint density at radius 2 is 2.00 bits per heavy atom. The second kappa shape index (κ2) is 6.07. The van der Waals surface area contributed by atoms with Gasteiger partial charge in [-0.3, -0.25) is 9.59 Å². The molecule has 0 aromatic heterocycles. The molecule has 3 saturated carbocycles. The van der Waals surface area contributed by atoms with Crippen molar-refractivity contribution >= 4 is 11.6 Å². The van der Waals surface area contributed by atoms with E-state index in [0.717, 1.165) is 0 Å². The van der Waals surface area contributed by atoms with Crippen LogP contribution in [0.5, 0.6) is 0 Å². The maximum Gasteiger partial charge on any atom is 0.190 e. The van der Waals surface area contributed by atoms with Gasteiger partial charge in [-0.15, -0.1) is 0 Å². The zero-order chi connectivity index (χ0) is 20.6. The van der Waals surface area contributed by atoms with Crippen LogP contribution in [0.2, 0.25) is 0 Å². The van der Waals surface area contributed by atoms with Crippen LogP contribution in [0.15, 0.2) is 23.8 Å². The van der Waals surface area contributed by atoms with E-state index in [2.05, 4.69) is 0 Å². The summed E-state index contributed by atoms with van der Waals surface area (Å²) < 4.78 is 15.2. The number of aliphatic hydroxyl groups is 3. The minimum absolute atomic E-state index is 0.154. The van der Waals surface area contributed by atoms with Gasteiger partial charge in [0.25, 0.3) is 0 Å². The van der Waals surface area contributed by atoms with Crippen molar-refractivity contribution in [1.29, 1.82) is 0 Å². The van der Waals surface area contributed by atoms with E-state index in [1.54, 1.807) is 19.9 Å². The van der Waals surface area contributed by atoms with Crippen molar-refractivity contribution in [1.82, 2.24) is 0 Å². The normalized spacial score (nSPS) is 52.5. The summed E-state index contributed by atoms with van der Waals surface area (Å²) in [5.74, 6) is -1.92. The van der Waals surface area contributed by atoms with Crippen LogP contribution in [-0.4, -0.2) is 51.4 Å². The number of alkyl halides is 1. The van der Waals surface area contributed by atoms with Crippen LogP contribution in [0.3, 0.4) is 0 Å². The molecule has 0 unspecified atom stereocenters. The van der Waals surface area contributed by atoms with E-state index < -0.39 is 41.1 Å². The van der Waals surface area contributed by atoms with E-state index in [1.807, 2.05) is 6.92 Å². The van der Waals surface area contributed by atoms with Crippen LogP contribution in [-0.2, 0) is 9.59 Å². The van der Waals surface area contributed by atoms with Crippen molar-refractivity contribution in [2.75, 3.05) is 6.61 Å². The number of halogens is 1. The molecule has 0 aromatic carbocycles. The average molecular weight is 392 g/mol. The number of Topliss-reactive ketones (excluding diaryl/α,β-unsaturated/α-hetero) is 1. The maximum atomic E-state index is 15.2. The Hall–Kier alpha value is -1.37. The van der Waals surface area contributed by atoms with Gasteiger partial charge in [-0.1, -0.05) is 26.8 Å². The largest absolute Gasteiger partial charge is 0.393 e. The molecule has 3 fully saturated rings. The molecule has 0 radical (unpaired) electrons. The van der Waals surface area contributed by atoms with Crippen molar-refractivity contribution < 1.29 is 29.3 Å². The first-order valence-electron chi connectivity index (χ1n) is 10.1. The van der Waals surface area contributed by atoms with E-state index in [4.69, 9.17) is 0 Å². The van der Waals surface area contributed by atoms with Gasteiger partial charge in [0.05, 0.1) is 6.10 Å². The Labute approximate surface area is 164 Å². The van der Waals surface area contributed by atoms with Crippen molar-refractivity contribution in [3.8, 4) is 0 Å². The number of rotatable bonds is 2. The summed E-state index contributed by atoms with van der Waals surface area (Å²) >= 11 is 0. The molecule has 9 atom stereocenters. The molecule has 4 aliphatic rings. The van der Waals surface area contributed by atoms with Crippen molar-refractivity contribution in [3.63, 3.8) is 0 Å². The Balaban J connectivity index is 1.81. The van der Waals surface area contributed by atoms with Gasteiger partial charge in [-0.25, -0.2) is 4.39 Å². The molecule has 0 aromatic rings. The molecule has 6 heteroatoms. The van der Waals surface area contributed by atoms with E-state index in [0.29, 0.717) is 12.0 Å². The highest BCUT2D eigenvalue weighted by Gasteiger charge is 2.71. The fraction of sp³-hybridized carbons (Fsp3) is 0.727. The molecule has 4 rings (SSSR count). The van der Waals surface area contributed by atoms with Gasteiger partial charge < -0.3 is 15.3 Å². The lowest BCUT2D eigenvalue weighted by molar-refractivity contribution is -0.185. The summed E-state index contributed by atoms with van der Waals surface area (Å²) in [5, 5.41) is 32.1. The zero-order valence-corrected chi connectivity index (χ0v) is 16.6. The third-order valence-corrected chi connectivity index (χ3v) is 8.63. The van der Waals surface area contributed by atoms with Gasteiger partial charge in [0, 0.05) is 16.7 Å². The molecule has 0 amide bonds. The lowest BCUT2D eigenvalue weighted by Gasteiger charge is -2.60. The Morgan fingerprint density at radius 3 is 2.64 bits per heavy atom. The quantitative estimate of drug-likeness (QED) is 0.666. The highest BCUT2D eigenvalue weighted by Crippen LogP contribution is 2.68. The number of hydrogen-bond acceptors (Lipinski definition) is 5. The Kier molecular flexibility index (Phi) is 4.32. The minimum Gasteiger partial charge on any atom is -0.393 e.